The normalized spacial score (nSPS) is 24.7. The Bertz CT molecular complexity index is 436. The van der Waals surface area contributed by atoms with E-state index in [1.54, 1.807) is 0 Å². The third-order valence-electron chi connectivity index (χ3n) is 4.80. The molecule has 0 bridgehead atoms. The lowest BCUT2D eigenvalue weighted by Crippen LogP contribution is -2.30. The van der Waals surface area contributed by atoms with Crippen molar-refractivity contribution in [2.45, 2.75) is 58.5 Å². The van der Waals surface area contributed by atoms with Crippen LogP contribution in [0.2, 0.25) is 0 Å². The molecule has 1 aromatic rings. The van der Waals surface area contributed by atoms with Gasteiger partial charge in [0.1, 0.15) is 0 Å². The van der Waals surface area contributed by atoms with Gasteiger partial charge in [-0.15, -0.1) is 12.4 Å². The summed E-state index contributed by atoms with van der Waals surface area (Å²) in [5.41, 5.74) is 8.89. The Balaban J connectivity index is 0.00000220. The van der Waals surface area contributed by atoms with Crippen LogP contribution in [0.3, 0.4) is 0 Å². The largest absolute Gasteiger partial charge is 0.330 e. The predicted molar refractivity (Wildman–Crippen MR) is 94.1 cm³/mol. The van der Waals surface area contributed by atoms with Crippen LogP contribution in [-0.4, -0.2) is 24.0 Å². The smallest absolute Gasteiger partial charge is 0.0322 e. The van der Waals surface area contributed by atoms with Gasteiger partial charge >= 0.3 is 0 Å². The van der Waals surface area contributed by atoms with Gasteiger partial charge in [-0.2, -0.15) is 0 Å². The first-order valence-electron chi connectivity index (χ1n) is 7.89. The van der Waals surface area contributed by atoms with Crippen LogP contribution in [0, 0.1) is 5.92 Å². The van der Waals surface area contributed by atoms with Crippen LogP contribution >= 0.6 is 12.4 Å². The summed E-state index contributed by atoms with van der Waals surface area (Å²) in [7, 11) is 0. The second-order valence-corrected chi connectivity index (χ2v) is 7.43. The first-order valence-corrected chi connectivity index (χ1v) is 7.89. The average Bonchev–Trinajstić information content (AvgIpc) is 2.78. The molecular formula is C18H31ClN2. The van der Waals surface area contributed by atoms with E-state index in [9.17, 15) is 0 Å². The summed E-state index contributed by atoms with van der Waals surface area (Å²) in [6, 6.07) is 10.3. The monoisotopic (exact) mass is 310 g/mol. The lowest BCUT2D eigenvalue weighted by Gasteiger charge is -2.29. The minimum absolute atomic E-state index is 0. The molecule has 0 spiro atoms. The molecule has 1 aliphatic rings. The van der Waals surface area contributed by atoms with Crippen molar-refractivity contribution in [1.29, 1.82) is 0 Å². The molecule has 0 aromatic heterocycles. The van der Waals surface area contributed by atoms with Crippen LogP contribution in [0.15, 0.2) is 24.3 Å². The number of hydrogen-bond acceptors (Lipinski definition) is 2. The third-order valence-corrected chi connectivity index (χ3v) is 4.80. The fraction of sp³-hybridized carbons (Fsp3) is 0.667. The summed E-state index contributed by atoms with van der Waals surface area (Å²) in [4.78, 5) is 2.60. The molecule has 2 nitrogen and oxygen atoms in total. The van der Waals surface area contributed by atoms with Gasteiger partial charge in [-0.05, 0) is 49.3 Å². The maximum Gasteiger partial charge on any atom is 0.0322 e. The van der Waals surface area contributed by atoms with E-state index in [-0.39, 0.29) is 17.8 Å². The van der Waals surface area contributed by atoms with Gasteiger partial charge < -0.3 is 5.73 Å². The van der Waals surface area contributed by atoms with Gasteiger partial charge in [0.15, 0.2) is 0 Å². The van der Waals surface area contributed by atoms with Crippen LogP contribution in [0.5, 0.6) is 0 Å². The van der Waals surface area contributed by atoms with Crippen LogP contribution in [0.1, 0.15) is 58.2 Å². The van der Waals surface area contributed by atoms with Gasteiger partial charge in [-0.25, -0.2) is 0 Å². The standard InChI is InChI=1S/C18H30N2.ClH/c1-13-10-15(11-19)12-20(13)14(2)16-6-8-17(9-7-16)18(3,4)5;/h6-9,13-15H,10-12,19H2,1-5H3;1H. The van der Waals surface area contributed by atoms with Crippen molar-refractivity contribution in [3.63, 3.8) is 0 Å². The highest BCUT2D eigenvalue weighted by molar-refractivity contribution is 5.85. The number of nitrogens with two attached hydrogens (primary N) is 1. The Labute approximate surface area is 136 Å². The molecule has 3 atom stereocenters. The quantitative estimate of drug-likeness (QED) is 0.909. The summed E-state index contributed by atoms with van der Waals surface area (Å²) >= 11 is 0. The summed E-state index contributed by atoms with van der Waals surface area (Å²) in [5.74, 6) is 0.668. The zero-order chi connectivity index (χ0) is 14.9. The SMILES string of the molecule is CC1CC(CN)CN1C(C)c1ccc(C(C)(C)C)cc1.Cl. The van der Waals surface area contributed by atoms with Crippen molar-refractivity contribution in [1.82, 2.24) is 4.90 Å². The molecule has 1 fully saturated rings. The molecule has 3 unspecified atom stereocenters. The number of benzene rings is 1. The van der Waals surface area contributed by atoms with Gasteiger partial charge in [0.2, 0.25) is 0 Å². The molecule has 1 aliphatic heterocycles. The van der Waals surface area contributed by atoms with E-state index in [0.29, 0.717) is 18.0 Å². The van der Waals surface area contributed by atoms with Gasteiger partial charge in [0, 0.05) is 18.6 Å². The van der Waals surface area contributed by atoms with Crippen molar-refractivity contribution in [2.24, 2.45) is 11.7 Å². The molecule has 120 valence electrons. The summed E-state index contributed by atoms with van der Waals surface area (Å²) in [6.45, 7) is 13.4. The maximum absolute atomic E-state index is 5.84. The zero-order valence-corrected chi connectivity index (χ0v) is 14.9. The highest BCUT2D eigenvalue weighted by Gasteiger charge is 2.31. The first-order chi connectivity index (χ1) is 9.32. The number of rotatable bonds is 3. The molecule has 2 N–H and O–H groups in total. The maximum atomic E-state index is 5.84. The molecule has 0 aliphatic carbocycles. The van der Waals surface area contributed by atoms with Crippen molar-refractivity contribution in [3.8, 4) is 0 Å². The molecule has 3 heteroatoms. The number of nitrogens with zero attached hydrogens (tertiary/aromatic N) is 1. The molecule has 0 saturated carbocycles. The lowest BCUT2D eigenvalue weighted by molar-refractivity contribution is 0.200. The number of hydrogen-bond donors (Lipinski definition) is 1. The van der Waals surface area contributed by atoms with E-state index in [4.69, 9.17) is 5.73 Å². The van der Waals surface area contributed by atoms with Crippen LogP contribution in [-0.2, 0) is 5.41 Å². The van der Waals surface area contributed by atoms with E-state index in [2.05, 4.69) is 63.8 Å². The summed E-state index contributed by atoms with van der Waals surface area (Å²) in [6.07, 6.45) is 1.24. The van der Waals surface area contributed by atoms with E-state index in [1.807, 2.05) is 0 Å². The first kappa shape index (κ1) is 18.5. The predicted octanol–water partition coefficient (Wildman–Crippen LogP) is 4.14. The van der Waals surface area contributed by atoms with Crippen LogP contribution < -0.4 is 5.73 Å². The summed E-state index contributed by atoms with van der Waals surface area (Å²) in [5, 5.41) is 0. The molecule has 1 heterocycles. The van der Waals surface area contributed by atoms with Gasteiger partial charge in [-0.3, -0.25) is 4.90 Å². The average molecular weight is 311 g/mol. The van der Waals surface area contributed by atoms with E-state index in [1.165, 1.54) is 17.5 Å². The second-order valence-electron chi connectivity index (χ2n) is 7.43. The van der Waals surface area contributed by atoms with E-state index in [0.717, 1.165) is 13.1 Å². The Kier molecular flexibility index (Phi) is 6.27. The topological polar surface area (TPSA) is 29.3 Å². The lowest BCUT2D eigenvalue weighted by atomic mass is 9.86. The molecule has 0 radical (unpaired) electrons. The molecule has 0 amide bonds. The fourth-order valence-corrected chi connectivity index (χ4v) is 3.33. The highest BCUT2D eigenvalue weighted by atomic mass is 35.5. The van der Waals surface area contributed by atoms with Crippen molar-refractivity contribution < 1.29 is 0 Å². The minimum Gasteiger partial charge on any atom is -0.330 e. The minimum atomic E-state index is 0. The molecule has 21 heavy (non-hydrogen) atoms. The number of halogens is 1. The molecular weight excluding hydrogens is 280 g/mol. The van der Waals surface area contributed by atoms with Gasteiger partial charge in [-0.1, -0.05) is 45.0 Å². The van der Waals surface area contributed by atoms with E-state index < -0.39 is 0 Å². The Hall–Kier alpha value is -0.570. The molecule has 2 rings (SSSR count). The molecule has 1 saturated heterocycles. The van der Waals surface area contributed by atoms with Crippen molar-refractivity contribution >= 4 is 12.4 Å². The van der Waals surface area contributed by atoms with Crippen LogP contribution in [0.4, 0.5) is 0 Å². The van der Waals surface area contributed by atoms with Gasteiger partial charge in [0.05, 0.1) is 0 Å². The summed E-state index contributed by atoms with van der Waals surface area (Å²) < 4.78 is 0. The Morgan fingerprint density at radius 1 is 1.24 bits per heavy atom. The van der Waals surface area contributed by atoms with Gasteiger partial charge in [0.25, 0.3) is 0 Å². The van der Waals surface area contributed by atoms with Crippen LogP contribution in [0.25, 0.3) is 0 Å². The number of likely N-dealkylation sites (tertiary alicyclic amines) is 1. The molecule has 1 aromatic carbocycles. The Morgan fingerprint density at radius 2 is 1.81 bits per heavy atom. The zero-order valence-electron chi connectivity index (χ0n) is 14.1. The third kappa shape index (κ3) is 4.21. The second kappa shape index (κ2) is 7.13. The van der Waals surface area contributed by atoms with Crippen molar-refractivity contribution in [2.75, 3.05) is 13.1 Å². The highest BCUT2D eigenvalue weighted by Crippen LogP contribution is 2.32. The van der Waals surface area contributed by atoms with E-state index >= 15 is 0 Å². The Morgan fingerprint density at radius 3 is 2.24 bits per heavy atom. The fourth-order valence-electron chi connectivity index (χ4n) is 3.33. The van der Waals surface area contributed by atoms with Crippen molar-refractivity contribution in [3.05, 3.63) is 35.4 Å².